The summed E-state index contributed by atoms with van der Waals surface area (Å²) in [6.07, 6.45) is 5.52. The van der Waals surface area contributed by atoms with Crippen molar-refractivity contribution in [1.29, 1.82) is 0 Å². The number of morpholine rings is 1. The summed E-state index contributed by atoms with van der Waals surface area (Å²) in [5, 5.41) is 11.0. The summed E-state index contributed by atoms with van der Waals surface area (Å²) in [5.41, 5.74) is 4.49. The van der Waals surface area contributed by atoms with E-state index in [1.54, 1.807) is 18.0 Å². The fourth-order valence-electron chi connectivity index (χ4n) is 4.46. The molecule has 0 spiro atoms. The third-order valence-corrected chi connectivity index (χ3v) is 8.69. The average molecular weight is 627 g/mol. The second-order valence-corrected chi connectivity index (χ2v) is 12.4. The van der Waals surface area contributed by atoms with E-state index in [4.69, 9.17) is 14.5 Å². The molecule has 0 bridgehead atoms. The first-order chi connectivity index (χ1) is 19.3. The minimum Gasteiger partial charge on any atom is -0.494 e. The largest absolute Gasteiger partial charge is 0.494 e. The highest BCUT2D eigenvalue weighted by molar-refractivity contribution is 9.10. The van der Waals surface area contributed by atoms with E-state index >= 15 is 0 Å². The maximum Gasteiger partial charge on any atom is 0.229 e. The number of nitrogens with one attached hydrogen (secondary N) is 2. The van der Waals surface area contributed by atoms with Crippen molar-refractivity contribution in [2.24, 2.45) is 7.05 Å². The molecule has 4 aromatic rings. The lowest BCUT2D eigenvalue weighted by Crippen LogP contribution is -2.36. The zero-order valence-electron chi connectivity index (χ0n) is 22.8. The fraction of sp³-hybridized carbons (Fsp3) is 0.321. The Morgan fingerprint density at radius 1 is 1.10 bits per heavy atom. The monoisotopic (exact) mass is 625 g/mol. The van der Waals surface area contributed by atoms with Gasteiger partial charge in [0, 0.05) is 60.7 Å². The van der Waals surface area contributed by atoms with Crippen molar-refractivity contribution < 1.29 is 13.7 Å². The molecule has 1 atom stereocenters. The van der Waals surface area contributed by atoms with Gasteiger partial charge in [-0.05, 0) is 34.1 Å². The van der Waals surface area contributed by atoms with Crippen molar-refractivity contribution in [1.82, 2.24) is 19.7 Å². The van der Waals surface area contributed by atoms with Gasteiger partial charge in [0.15, 0.2) is 0 Å². The van der Waals surface area contributed by atoms with E-state index in [0.717, 1.165) is 40.5 Å². The van der Waals surface area contributed by atoms with Gasteiger partial charge >= 0.3 is 0 Å². The molecular weight excluding hydrogens is 594 g/mol. The third kappa shape index (κ3) is 6.13. The van der Waals surface area contributed by atoms with Crippen molar-refractivity contribution in [2.75, 3.05) is 48.9 Å². The number of methoxy groups -OCH3 is 1. The molecule has 1 fully saturated rings. The number of hydrogen-bond donors (Lipinski definition) is 2. The van der Waals surface area contributed by atoms with Gasteiger partial charge in [-0.1, -0.05) is 26.0 Å². The number of benzene rings is 2. The summed E-state index contributed by atoms with van der Waals surface area (Å²) in [7, 11) is 2.39. The second-order valence-electron chi connectivity index (χ2n) is 9.55. The molecule has 1 saturated heterocycles. The van der Waals surface area contributed by atoms with Gasteiger partial charge in [-0.2, -0.15) is 10.1 Å². The maximum absolute atomic E-state index is 12.9. The van der Waals surface area contributed by atoms with Crippen LogP contribution < -0.4 is 20.3 Å². The van der Waals surface area contributed by atoms with Crippen LogP contribution in [0.15, 0.2) is 64.4 Å². The number of halogens is 1. The maximum atomic E-state index is 12.9. The Morgan fingerprint density at radius 2 is 1.88 bits per heavy atom. The Bertz CT molecular complexity index is 1520. The lowest BCUT2D eigenvalue weighted by molar-refractivity contribution is 0.122. The molecule has 0 saturated carbocycles. The summed E-state index contributed by atoms with van der Waals surface area (Å²) in [6.45, 7) is 6.80. The minimum absolute atomic E-state index is 0.0177. The molecule has 12 heteroatoms. The Hall–Kier alpha value is -3.48. The summed E-state index contributed by atoms with van der Waals surface area (Å²) < 4.78 is 26.7. The molecule has 1 aliphatic rings. The Kier molecular flexibility index (Phi) is 8.67. The number of rotatable bonds is 9. The fourth-order valence-corrected chi connectivity index (χ4v) is 5.80. The lowest BCUT2D eigenvalue weighted by Gasteiger charge is -2.31. The number of ether oxygens (including phenoxy) is 2. The predicted molar refractivity (Wildman–Crippen MR) is 163 cm³/mol. The Labute approximate surface area is 244 Å². The highest BCUT2D eigenvalue weighted by Gasteiger charge is 2.21. The highest BCUT2D eigenvalue weighted by Crippen LogP contribution is 2.41. The van der Waals surface area contributed by atoms with E-state index in [1.807, 2.05) is 69.7 Å². The first kappa shape index (κ1) is 28.1. The minimum atomic E-state index is -1.16. The Balaban J connectivity index is 1.50. The summed E-state index contributed by atoms with van der Waals surface area (Å²) in [6, 6.07) is 11.6. The van der Waals surface area contributed by atoms with Crippen molar-refractivity contribution >= 4 is 55.6 Å². The van der Waals surface area contributed by atoms with Crippen molar-refractivity contribution in [3.05, 3.63) is 59.5 Å². The molecule has 5 rings (SSSR count). The highest BCUT2D eigenvalue weighted by atomic mass is 79.9. The molecule has 2 aromatic heterocycles. The van der Waals surface area contributed by atoms with Crippen LogP contribution in [0.4, 0.5) is 28.8 Å². The van der Waals surface area contributed by atoms with Gasteiger partial charge < -0.3 is 25.0 Å². The topological polar surface area (TPSA) is 106 Å². The van der Waals surface area contributed by atoms with Crippen LogP contribution in [0.5, 0.6) is 5.75 Å². The number of para-hydroxylation sites is 1. The number of anilines is 5. The van der Waals surface area contributed by atoms with E-state index < -0.39 is 10.8 Å². The van der Waals surface area contributed by atoms with Gasteiger partial charge in [0.05, 0.1) is 58.1 Å². The van der Waals surface area contributed by atoms with Crippen molar-refractivity contribution in [2.45, 2.75) is 24.0 Å². The molecular formula is C28H32BrN7O3S. The number of aromatic nitrogens is 4. The zero-order chi connectivity index (χ0) is 28.2. The average Bonchev–Trinajstić information content (AvgIpc) is 3.41. The molecule has 10 nitrogen and oxygen atoms in total. The molecule has 210 valence electrons. The molecule has 2 aromatic carbocycles. The normalized spacial score (nSPS) is 14.3. The van der Waals surface area contributed by atoms with E-state index in [0.29, 0.717) is 40.9 Å². The van der Waals surface area contributed by atoms with Crippen LogP contribution in [-0.4, -0.2) is 62.6 Å². The first-order valence-corrected chi connectivity index (χ1v) is 14.9. The Morgan fingerprint density at radius 3 is 2.58 bits per heavy atom. The van der Waals surface area contributed by atoms with E-state index in [-0.39, 0.29) is 5.25 Å². The van der Waals surface area contributed by atoms with Crippen LogP contribution in [0, 0.1) is 0 Å². The number of nitrogens with zero attached hydrogens (tertiary/aromatic N) is 5. The van der Waals surface area contributed by atoms with Crippen LogP contribution in [0.3, 0.4) is 0 Å². The molecule has 0 amide bonds. The van der Waals surface area contributed by atoms with Gasteiger partial charge in [-0.3, -0.25) is 8.89 Å². The quantitative estimate of drug-likeness (QED) is 0.250. The van der Waals surface area contributed by atoms with Crippen LogP contribution in [-0.2, 0) is 22.6 Å². The molecule has 0 aliphatic carbocycles. The van der Waals surface area contributed by atoms with Crippen LogP contribution in [0.2, 0.25) is 0 Å². The van der Waals surface area contributed by atoms with Gasteiger partial charge in [-0.15, -0.1) is 0 Å². The molecule has 3 heterocycles. The summed E-state index contributed by atoms with van der Waals surface area (Å²) >= 11 is 3.55. The number of aryl methyl sites for hydroxylation is 1. The smallest absolute Gasteiger partial charge is 0.229 e. The first-order valence-electron chi connectivity index (χ1n) is 12.9. The van der Waals surface area contributed by atoms with Gasteiger partial charge in [0.2, 0.25) is 5.95 Å². The predicted octanol–water partition coefficient (Wildman–Crippen LogP) is 5.49. The van der Waals surface area contributed by atoms with Crippen LogP contribution in [0.1, 0.15) is 13.8 Å². The summed E-state index contributed by atoms with van der Waals surface area (Å²) in [4.78, 5) is 12.2. The molecule has 1 aliphatic heterocycles. The zero-order valence-corrected chi connectivity index (χ0v) is 25.3. The van der Waals surface area contributed by atoms with Crippen LogP contribution in [0.25, 0.3) is 11.1 Å². The van der Waals surface area contributed by atoms with E-state index in [2.05, 4.69) is 41.5 Å². The second kappa shape index (κ2) is 12.4. The van der Waals surface area contributed by atoms with E-state index in [9.17, 15) is 4.21 Å². The van der Waals surface area contributed by atoms with Crippen molar-refractivity contribution in [3.8, 4) is 16.9 Å². The molecule has 1 unspecified atom stereocenters. The standard InChI is InChI=1S/C28H32BrN7O3S/c1-18(2)40(37)26-8-6-5-7-22(26)32-27-21(29)16-30-28(34-27)33-23-13-20(19-15-31-35(3)17-19)24(14-25(23)38-4)36-9-11-39-12-10-36/h5-8,13-18H,9-12H2,1-4H3,(H2,30,32,33,34). The van der Waals surface area contributed by atoms with Gasteiger partial charge in [0.25, 0.3) is 0 Å². The van der Waals surface area contributed by atoms with Gasteiger partial charge in [0.1, 0.15) is 11.6 Å². The third-order valence-electron chi connectivity index (χ3n) is 6.46. The molecule has 2 N–H and O–H groups in total. The summed E-state index contributed by atoms with van der Waals surface area (Å²) in [5.74, 6) is 1.58. The number of hydrogen-bond acceptors (Lipinski definition) is 9. The van der Waals surface area contributed by atoms with Crippen molar-refractivity contribution in [3.63, 3.8) is 0 Å². The van der Waals surface area contributed by atoms with E-state index in [1.165, 1.54) is 0 Å². The molecule has 40 heavy (non-hydrogen) atoms. The lowest BCUT2D eigenvalue weighted by atomic mass is 10.0. The molecule has 0 radical (unpaired) electrons. The van der Waals surface area contributed by atoms with Crippen LogP contribution >= 0.6 is 15.9 Å². The van der Waals surface area contributed by atoms with Gasteiger partial charge in [-0.25, -0.2) is 4.98 Å². The SMILES string of the molecule is COc1cc(N2CCOCC2)c(-c2cnn(C)c2)cc1Nc1ncc(Br)c(Nc2ccccc2S(=O)C(C)C)n1.